The van der Waals surface area contributed by atoms with Gasteiger partial charge in [-0.05, 0) is 64.4 Å². The smallest absolute Gasteiger partial charge is 0.435 e. The fourth-order valence-corrected chi connectivity index (χ4v) is 2.23. The zero-order chi connectivity index (χ0) is 16.8. The quantitative estimate of drug-likeness (QED) is 0.473. The molecule has 0 aromatic carbocycles. The second-order valence-electron chi connectivity index (χ2n) is 7.21. The lowest BCUT2D eigenvalue weighted by Crippen LogP contribution is -2.41. The second kappa shape index (κ2) is 8.24. The summed E-state index contributed by atoms with van der Waals surface area (Å²) in [5, 5.41) is 10.8. The molecule has 0 aromatic rings. The maximum absolute atomic E-state index is 12.0. The van der Waals surface area contributed by atoms with E-state index in [9.17, 15) is 10.0 Å². The molecule has 1 atom stereocenters. The largest absolute Gasteiger partial charge is 0.442 e. The van der Waals surface area contributed by atoms with Gasteiger partial charge in [-0.3, -0.25) is 5.21 Å². The number of hydrogen-bond acceptors (Lipinski definition) is 3. The molecule has 4 nitrogen and oxygen atoms in total. The van der Waals surface area contributed by atoms with Crippen molar-refractivity contribution in [3.8, 4) is 11.8 Å². The van der Waals surface area contributed by atoms with E-state index in [0.29, 0.717) is 17.4 Å². The molecule has 1 aliphatic rings. The molecule has 0 radical (unpaired) electrons. The van der Waals surface area contributed by atoms with Crippen molar-refractivity contribution in [1.82, 2.24) is 5.06 Å². The highest BCUT2D eigenvalue weighted by atomic mass is 16.6. The first-order valence-corrected chi connectivity index (χ1v) is 8.10. The van der Waals surface area contributed by atoms with Crippen LogP contribution < -0.4 is 0 Å². The highest BCUT2D eigenvalue weighted by molar-refractivity contribution is 5.67. The number of carbonyl (C=O) groups is 1. The number of amides is 1. The number of ether oxygens (including phenoxy) is 1. The van der Waals surface area contributed by atoms with Gasteiger partial charge in [0.1, 0.15) is 11.6 Å². The molecule has 0 bridgehead atoms. The summed E-state index contributed by atoms with van der Waals surface area (Å²) in [4.78, 5) is 12.0. The molecule has 1 unspecified atom stereocenters. The lowest BCUT2D eigenvalue weighted by Gasteiger charge is -2.27. The first kappa shape index (κ1) is 18.6. The maximum Gasteiger partial charge on any atom is 0.435 e. The van der Waals surface area contributed by atoms with Crippen LogP contribution in [0, 0.1) is 17.8 Å². The Hall–Kier alpha value is -1.47. The third-order valence-electron chi connectivity index (χ3n) is 3.26. The Kier molecular flexibility index (Phi) is 6.96. The number of hydrogen-bond donors (Lipinski definition) is 1. The first-order valence-electron chi connectivity index (χ1n) is 8.10. The van der Waals surface area contributed by atoms with Crippen LogP contribution in [0.3, 0.4) is 0 Å². The van der Waals surface area contributed by atoms with Gasteiger partial charge in [0.15, 0.2) is 0 Å². The summed E-state index contributed by atoms with van der Waals surface area (Å²) in [5.74, 6) is 6.49. The van der Waals surface area contributed by atoms with Crippen molar-refractivity contribution in [3.63, 3.8) is 0 Å². The van der Waals surface area contributed by atoms with Gasteiger partial charge in [-0.25, -0.2) is 4.79 Å². The third-order valence-corrected chi connectivity index (χ3v) is 3.26. The summed E-state index contributed by atoms with van der Waals surface area (Å²) in [6.45, 7) is 9.40. The molecule has 1 amide bonds. The molecule has 0 aromatic heterocycles. The Bertz CT molecular complexity index is 463. The molecule has 0 aliphatic heterocycles. The number of carbonyl (C=O) groups excluding carboxylic acids is 1. The average Bonchev–Trinajstić information content (AvgIpc) is 2.41. The van der Waals surface area contributed by atoms with Crippen molar-refractivity contribution < 1.29 is 14.7 Å². The monoisotopic (exact) mass is 307 g/mol. The second-order valence-corrected chi connectivity index (χ2v) is 7.21. The van der Waals surface area contributed by atoms with Gasteiger partial charge < -0.3 is 4.74 Å². The van der Waals surface area contributed by atoms with E-state index >= 15 is 0 Å². The Balaban J connectivity index is 2.81. The molecule has 124 valence electrons. The van der Waals surface area contributed by atoms with Crippen LogP contribution in [0.2, 0.25) is 0 Å². The van der Waals surface area contributed by atoms with E-state index in [1.165, 1.54) is 6.42 Å². The first-order chi connectivity index (χ1) is 10.2. The summed E-state index contributed by atoms with van der Waals surface area (Å²) in [7, 11) is 0. The molecule has 1 rings (SSSR count). The predicted octanol–water partition coefficient (Wildman–Crippen LogP) is 4.53. The van der Waals surface area contributed by atoms with E-state index in [1.54, 1.807) is 20.8 Å². The minimum atomic E-state index is -0.745. The molecule has 1 N–H and O–H groups in total. The van der Waals surface area contributed by atoms with Crippen LogP contribution in [0.15, 0.2) is 11.6 Å². The van der Waals surface area contributed by atoms with Crippen LogP contribution in [0.4, 0.5) is 4.79 Å². The van der Waals surface area contributed by atoms with Gasteiger partial charge in [-0.2, -0.15) is 5.06 Å². The molecule has 22 heavy (non-hydrogen) atoms. The van der Waals surface area contributed by atoms with Gasteiger partial charge in [0, 0.05) is 0 Å². The topological polar surface area (TPSA) is 49.8 Å². The third kappa shape index (κ3) is 7.00. The standard InChI is InChI=1S/C18H29NO3/c1-14(2)13-16(12-11-15-9-7-6-8-10-15)19(21)17(20)22-18(3,4)5/h9,14,16,21H,6-8,10,13H2,1-5H3. The van der Waals surface area contributed by atoms with E-state index in [0.717, 1.165) is 24.8 Å². The van der Waals surface area contributed by atoms with E-state index in [4.69, 9.17) is 4.74 Å². The fraction of sp³-hybridized carbons (Fsp3) is 0.722. The van der Waals surface area contributed by atoms with Crippen LogP contribution in [0.1, 0.15) is 66.7 Å². The van der Waals surface area contributed by atoms with Crippen LogP contribution in [0.25, 0.3) is 0 Å². The summed E-state index contributed by atoms with van der Waals surface area (Å²) in [6.07, 6.45) is 6.43. The maximum atomic E-state index is 12.0. The molecule has 0 saturated carbocycles. The Morgan fingerprint density at radius 3 is 2.59 bits per heavy atom. The van der Waals surface area contributed by atoms with Gasteiger partial charge in [0.2, 0.25) is 0 Å². The van der Waals surface area contributed by atoms with Gasteiger partial charge in [-0.15, -0.1) is 0 Å². The highest BCUT2D eigenvalue weighted by Crippen LogP contribution is 2.18. The minimum Gasteiger partial charge on any atom is -0.442 e. The van der Waals surface area contributed by atoms with Gasteiger partial charge >= 0.3 is 6.09 Å². The van der Waals surface area contributed by atoms with E-state index < -0.39 is 17.7 Å². The zero-order valence-electron chi connectivity index (χ0n) is 14.5. The molecule has 0 spiro atoms. The van der Waals surface area contributed by atoms with Crippen molar-refractivity contribution in [2.24, 2.45) is 5.92 Å². The molecule has 0 saturated heterocycles. The minimum absolute atomic E-state index is 0.316. The average molecular weight is 307 g/mol. The van der Waals surface area contributed by atoms with Crippen LogP contribution >= 0.6 is 0 Å². The summed E-state index contributed by atoms with van der Waals surface area (Å²) in [6, 6.07) is -0.544. The van der Waals surface area contributed by atoms with Crippen LogP contribution in [-0.2, 0) is 4.74 Å². The number of nitrogens with zero attached hydrogens (tertiary/aromatic N) is 1. The van der Waals surface area contributed by atoms with Crippen molar-refractivity contribution >= 4 is 6.09 Å². The Morgan fingerprint density at radius 2 is 2.09 bits per heavy atom. The van der Waals surface area contributed by atoms with E-state index in [-0.39, 0.29) is 0 Å². The summed E-state index contributed by atoms with van der Waals surface area (Å²) >= 11 is 0. The van der Waals surface area contributed by atoms with Crippen molar-refractivity contribution in [1.29, 1.82) is 0 Å². The lowest BCUT2D eigenvalue weighted by molar-refractivity contribution is -0.111. The van der Waals surface area contributed by atoms with Gasteiger partial charge in [-0.1, -0.05) is 31.8 Å². The van der Waals surface area contributed by atoms with Crippen LogP contribution in [0.5, 0.6) is 0 Å². The summed E-state index contributed by atoms with van der Waals surface area (Å²) in [5.41, 5.74) is 0.470. The Morgan fingerprint density at radius 1 is 1.41 bits per heavy atom. The van der Waals surface area contributed by atoms with Crippen molar-refractivity contribution in [2.45, 2.75) is 78.4 Å². The molecule has 4 heteroatoms. The number of allylic oxidation sites excluding steroid dienone is 2. The van der Waals surface area contributed by atoms with E-state index in [2.05, 4.69) is 17.9 Å². The molecule has 0 fully saturated rings. The van der Waals surface area contributed by atoms with Crippen LogP contribution in [-0.4, -0.2) is 28.0 Å². The molecule has 1 aliphatic carbocycles. The van der Waals surface area contributed by atoms with Crippen molar-refractivity contribution in [3.05, 3.63) is 11.6 Å². The summed E-state index contributed by atoms with van der Waals surface area (Å²) < 4.78 is 5.21. The number of rotatable bonds is 3. The van der Waals surface area contributed by atoms with Gasteiger partial charge in [0.25, 0.3) is 0 Å². The fourth-order valence-electron chi connectivity index (χ4n) is 2.23. The van der Waals surface area contributed by atoms with E-state index in [1.807, 2.05) is 13.8 Å². The Labute approximate surface area is 134 Å². The lowest BCUT2D eigenvalue weighted by atomic mass is 9.99. The van der Waals surface area contributed by atoms with Crippen molar-refractivity contribution in [2.75, 3.05) is 0 Å². The highest BCUT2D eigenvalue weighted by Gasteiger charge is 2.26. The molecule has 0 heterocycles. The molecular weight excluding hydrogens is 278 g/mol. The molecular formula is C18H29NO3. The normalized spacial score (nSPS) is 16.4. The number of hydroxylamine groups is 2. The SMILES string of the molecule is CC(C)CC(C#CC1=CCCCC1)N(O)C(=O)OC(C)(C)C. The van der Waals surface area contributed by atoms with Gasteiger partial charge in [0.05, 0.1) is 0 Å². The predicted molar refractivity (Wildman–Crippen MR) is 87.4 cm³/mol. The zero-order valence-corrected chi connectivity index (χ0v) is 14.5.